The van der Waals surface area contributed by atoms with Crippen LogP contribution in [0.5, 0.6) is 0 Å². The van der Waals surface area contributed by atoms with Gasteiger partial charge in [0, 0.05) is 22.8 Å². The van der Waals surface area contributed by atoms with Gasteiger partial charge >= 0.3 is 0 Å². The van der Waals surface area contributed by atoms with Crippen molar-refractivity contribution in [1.82, 2.24) is 9.80 Å². The minimum atomic E-state index is 0.663. The molecule has 4 heteroatoms. The zero-order valence-corrected chi connectivity index (χ0v) is 12.3. The molecule has 0 aliphatic rings. The maximum Gasteiger partial charge on any atom is 0.0274 e. The summed E-state index contributed by atoms with van der Waals surface area (Å²) < 4.78 is 0. The van der Waals surface area contributed by atoms with Gasteiger partial charge in [-0.1, -0.05) is 0 Å². The molecule has 3 nitrogen and oxygen atoms in total. The molecular formula is C13H25N3S. The van der Waals surface area contributed by atoms with Crippen LogP contribution < -0.4 is 5.73 Å². The highest BCUT2D eigenvalue weighted by Crippen LogP contribution is 2.22. The number of aryl methyl sites for hydroxylation is 1. The van der Waals surface area contributed by atoms with Crippen LogP contribution in [0.2, 0.25) is 0 Å². The van der Waals surface area contributed by atoms with E-state index in [1.165, 1.54) is 21.7 Å². The summed E-state index contributed by atoms with van der Waals surface area (Å²) >= 11 is 1.83. The Labute approximate surface area is 109 Å². The molecule has 0 saturated carbocycles. The van der Waals surface area contributed by atoms with Gasteiger partial charge in [-0.25, -0.2) is 0 Å². The fourth-order valence-corrected chi connectivity index (χ4v) is 2.80. The Morgan fingerprint density at radius 1 is 1.24 bits per heavy atom. The topological polar surface area (TPSA) is 32.5 Å². The van der Waals surface area contributed by atoms with E-state index < -0.39 is 0 Å². The summed E-state index contributed by atoms with van der Waals surface area (Å²) in [6.07, 6.45) is 1.22. The summed E-state index contributed by atoms with van der Waals surface area (Å²) in [6.45, 7) is 6.19. The number of rotatable bonds is 7. The molecule has 1 aromatic rings. The molecule has 0 unspecified atom stereocenters. The first-order valence-corrected chi connectivity index (χ1v) is 6.96. The zero-order valence-electron chi connectivity index (χ0n) is 11.5. The quantitative estimate of drug-likeness (QED) is 0.808. The van der Waals surface area contributed by atoms with Gasteiger partial charge in [-0.2, -0.15) is 0 Å². The molecule has 0 radical (unpaired) electrons. The second-order valence-corrected chi connectivity index (χ2v) is 6.23. The SMILES string of the molecule is Cc1sc(CN)cc1CN(C)CCCN(C)C. The summed E-state index contributed by atoms with van der Waals surface area (Å²) in [6, 6.07) is 2.25. The van der Waals surface area contributed by atoms with Gasteiger partial charge in [0.25, 0.3) is 0 Å². The molecule has 0 fully saturated rings. The second-order valence-electron chi connectivity index (χ2n) is 4.89. The predicted octanol–water partition coefficient (Wildman–Crippen LogP) is 1.90. The Morgan fingerprint density at radius 3 is 2.47 bits per heavy atom. The molecule has 0 spiro atoms. The molecule has 0 saturated heterocycles. The van der Waals surface area contributed by atoms with Crippen molar-refractivity contribution in [2.75, 3.05) is 34.2 Å². The maximum atomic E-state index is 5.67. The first-order valence-electron chi connectivity index (χ1n) is 6.14. The smallest absolute Gasteiger partial charge is 0.0274 e. The van der Waals surface area contributed by atoms with Crippen molar-refractivity contribution in [2.24, 2.45) is 5.73 Å². The lowest BCUT2D eigenvalue weighted by molar-refractivity contribution is 0.294. The Balaban J connectivity index is 2.39. The third-order valence-electron chi connectivity index (χ3n) is 2.86. The van der Waals surface area contributed by atoms with Gasteiger partial charge in [0.2, 0.25) is 0 Å². The number of thiophene rings is 1. The van der Waals surface area contributed by atoms with Gasteiger partial charge in [-0.05, 0) is 59.2 Å². The maximum absolute atomic E-state index is 5.67. The lowest BCUT2D eigenvalue weighted by Gasteiger charge is -2.18. The Bertz CT molecular complexity index is 333. The van der Waals surface area contributed by atoms with Crippen molar-refractivity contribution in [3.63, 3.8) is 0 Å². The molecular weight excluding hydrogens is 230 g/mol. The van der Waals surface area contributed by atoms with E-state index in [-0.39, 0.29) is 0 Å². The third-order valence-corrected chi connectivity index (χ3v) is 3.97. The van der Waals surface area contributed by atoms with Crippen molar-refractivity contribution < 1.29 is 0 Å². The molecule has 1 rings (SSSR count). The van der Waals surface area contributed by atoms with Crippen LogP contribution in [-0.2, 0) is 13.1 Å². The van der Waals surface area contributed by atoms with E-state index in [1.807, 2.05) is 11.3 Å². The molecule has 0 bridgehead atoms. The van der Waals surface area contributed by atoms with Crippen LogP contribution in [0.4, 0.5) is 0 Å². The molecule has 1 heterocycles. The van der Waals surface area contributed by atoms with Crippen LogP contribution in [0.25, 0.3) is 0 Å². The molecule has 1 aromatic heterocycles. The summed E-state index contributed by atoms with van der Waals surface area (Å²) in [5, 5.41) is 0. The number of hydrogen-bond donors (Lipinski definition) is 1. The fraction of sp³-hybridized carbons (Fsp3) is 0.692. The second kappa shape index (κ2) is 7.11. The van der Waals surface area contributed by atoms with E-state index in [4.69, 9.17) is 5.73 Å². The van der Waals surface area contributed by atoms with E-state index in [2.05, 4.69) is 43.9 Å². The highest BCUT2D eigenvalue weighted by molar-refractivity contribution is 7.12. The van der Waals surface area contributed by atoms with Crippen LogP contribution in [-0.4, -0.2) is 44.0 Å². The van der Waals surface area contributed by atoms with Crippen LogP contribution >= 0.6 is 11.3 Å². The average Bonchev–Trinajstić information content (AvgIpc) is 2.59. The van der Waals surface area contributed by atoms with Crippen molar-refractivity contribution in [3.8, 4) is 0 Å². The number of hydrogen-bond acceptors (Lipinski definition) is 4. The summed E-state index contributed by atoms with van der Waals surface area (Å²) in [7, 11) is 6.43. The summed E-state index contributed by atoms with van der Waals surface area (Å²) in [5.74, 6) is 0. The molecule has 98 valence electrons. The fourth-order valence-electron chi connectivity index (χ4n) is 1.87. The van der Waals surface area contributed by atoms with Gasteiger partial charge in [0.15, 0.2) is 0 Å². The van der Waals surface area contributed by atoms with Crippen LogP contribution in [0.15, 0.2) is 6.07 Å². The molecule has 2 N–H and O–H groups in total. The van der Waals surface area contributed by atoms with Crippen molar-refractivity contribution in [1.29, 1.82) is 0 Å². The van der Waals surface area contributed by atoms with Crippen LogP contribution in [0.1, 0.15) is 21.7 Å². The largest absolute Gasteiger partial charge is 0.326 e. The highest BCUT2D eigenvalue weighted by Gasteiger charge is 2.07. The number of nitrogens with two attached hydrogens (primary N) is 1. The molecule has 0 aliphatic heterocycles. The van der Waals surface area contributed by atoms with Crippen molar-refractivity contribution in [3.05, 3.63) is 21.4 Å². The van der Waals surface area contributed by atoms with Gasteiger partial charge in [-0.3, -0.25) is 0 Å². The standard InChI is InChI=1S/C13H25N3S/c1-11-12(8-13(9-14)17-11)10-16(4)7-5-6-15(2)3/h8H,5-7,9-10,14H2,1-4H3. The van der Waals surface area contributed by atoms with Gasteiger partial charge in [0.1, 0.15) is 0 Å². The molecule has 0 atom stereocenters. The van der Waals surface area contributed by atoms with Gasteiger partial charge in [-0.15, -0.1) is 11.3 Å². The van der Waals surface area contributed by atoms with E-state index in [0.29, 0.717) is 6.54 Å². The zero-order chi connectivity index (χ0) is 12.8. The van der Waals surface area contributed by atoms with E-state index in [0.717, 1.165) is 19.6 Å². The van der Waals surface area contributed by atoms with Crippen molar-refractivity contribution >= 4 is 11.3 Å². The minimum Gasteiger partial charge on any atom is -0.326 e. The monoisotopic (exact) mass is 255 g/mol. The normalized spacial score (nSPS) is 11.7. The van der Waals surface area contributed by atoms with E-state index in [9.17, 15) is 0 Å². The summed E-state index contributed by atoms with van der Waals surface area (Å²) in [4.78, 5) is 7.32. The predicted molar refractivity (Wildman–Crippen MR) is 76.5 cm³/mol. The number of nitrogens with zero attached hydrogens (tertiary/aromatic N) is 2. The van der Waals surface area contributed by atoms with Crippen LogP contribution in [0, 0.1) is 6.92 Å². The first kappa shape index (κ1) is 14.6. The molecule has 0 aromatic carbocycles. The lowest BCUT2D eigenvalue weighted by Crippen LogP contribution is -2.23. The van der Waals surface area contributed by atoms with Crippen molar-refractivity contribution in [2.45, 2.75) is 26.4 Å². The van der Waals surface area contributed by atoms with E-state index in [1.54, 1.807) is 0 Å². The average molecular weight is 255 g/mol. The Kier molecular flexibility index (Phi) is 6.12. The lowest BCUT2D eigenvalue weighted by atomic mass is 10.2. The van der Waals surface area contributed by atoms with E-state index >= 15 is 0 Å². The molecule has 17 heavy (non-hydrogen) atoms. The Hall–Kier alpha value is -0.420. The Morgan fingerprint density at radius 2 is 1.94 bits per heavy atom. The van der Waals surface area contributed by atoms with Gasteiger partial charge in [0.05, 0.1) is 0 Å². The molecule has 0 amide bonds. The van der Waals surface area contributed by atoms with Crippen LogP contribution in [0.3, 0.4) is 0 Å². The third kappa shape index (κ3) is 5.17. The minimum absolute atomic E-state index is 0.663. The summed E-state index contributed by atoms with van der Waals surface area (Å²) in [5.41, 5.74) is 7.10. The first-order chi connectivity index (χ1) is 8.02. The highest BCUT2D eigenvalue weighted by atomic mass is 32.1. The molecule has 0 aliphatic carbocycles. The van der Waals surface area contributed by atoms with Gasteiger partial charge < -0.3 is 15.5 Å².